The highest BCUT2D eigenvalue weighted by molar-refractivity contribution is 6.30. The van der Waals surface area contributed by atoms with E-state index in [1.165, 1.54) is 0 Å². The Hall–Kier alpha value is -2.92. The zero-order valence-corrected chi connectivity index (χ0v) is 14.4. The summed E-state index contributed by atoms with van der Waals surface area (Å²) in [4.78, 5) is 20.6. The summed E-state index contributed by atoms with van der Waals surface area (Å²) in [5, 5.41) is 6.71. The van der Waals surface area contributed by atoms with E-state index in [1.807, 2.05) is 37.3 Å². The average molecular weight is 353 g/mol. The lowest BCUT2D eigenvalue weighted by atomic mass is 10.2. The molecule has 3 aromatic rings. The summed E-state index contributed by atoms with van der Waals surface area (Å²) in [7, 11) is 0. The van der Waals surface area contributed by atoms with Crippen LogP contribution in [0.25, 0.3) is 0 Å². The summed E-state index contributed by atoms with van der Waals surface area (Å²) in [5.74, 6) is 0.413. The molecule has 0 saturated heterocycles. The standard InChI is InChI=1S/C19H17ClN4O/c1-13-4-5-16(20)10-17(13)24-18-9-15(6-8-22-18)19(25)23-12-14-3-2-7-21-11-14/h2-11H,12H2,1H3,(H,22,24)(H,23,25). The first-order valence-corrected chi connectivity index (χ1v) is 8.16. The van der Waals surface area contributed by atoms with Gasteiger partial charge < -0.3 is 10.6 Å². The fourth-order valence-electron chi connectivity index (χ4n) is 2.29. The van der Waals surface area contributed by atoms with Gasteiger partial charge in [0.2, 0.25) is 0 Å². The van der Waals surface area contributed by atoms with Crippen molar-refractivity contribution in [1.29, 1.82) is 0 Å². The lowest BCUT2D eigenvalue weighted by Crippen LogP contribution is -2.23. The van der Waals surface area contributed by atoms with Gasteiger partial charge in [0.05, 0.1) is 0 Å². The van der Waals surface area contributed by atoms with Gasteiger partial charge in [-0.3, -0.25) is 9.78 Å². The monoisotopic (exact) mass is 352 g/mol. The van der Waals surface area contributed by atoms with Crippen LogP contribution in [0.15, 0.2) is 61.1 Å². The minimum absolute atomic E-state index is 0.169. The largest absolute Gasteiger partial charge is 0.348 e. The van der Waals surface area contributed by atoms with Crippen LogP contribution in [0.5, 0.6) is 0 Å². The predicted octanol–water partition coefficient (Wildman–Crippen LogP) is 4.11. The molecule has 0 unspecified atom stereocenters. The molecule has 5 nitrogen and oxygen atoms in total. The number of nitrogens with one attached hydrogen (secondary N) is 2. The van der Waals surface area contributed by atoms with Crippen molar-refractivity contribution in [2.45, 2.75) is 13.5 Å². The molecule has 126 valence electrons. The van der Waals surface area contributed by atoms with Crippen LogP contribution in [0, 0.1) is 6.92 Å². The third-order valence-corrected chi connectivity index (χ3v) is 3.90. The van der Waals surface area contributed by atoms with Crippen LogP contribution in [-0.4, -0.2) is 15.9 Å². The Bertz CT molecular complexity index is 884. The van der Waals surface area contributed by atoms with Gasteiger partial charge in [-0.05, 0) is 48.4 Å². The molecule has 0 spiro atoms. The Morgan fingerprint density at radius 1 is 1.16 bits per heavy atom. The smallest absolute Gasteiger partial charge is 0.251 e. The van der Waals surface area contributed by atoms with Crippen molar-refractivity contribution in [2.75, 3.05) is 5.32 Å². The molecule has 2 heterocycles. The van der Waals surface area contributed by atoms with Gasteiger partial charge in [0, 0.05) is 41.4 Å². The number of aryl methyl sites for hydroxylation is 1. The Kier molecular flexibility index (Phi) is 5.26. The van der Waals surface area contributed by atoms with Crippen LogP contribution in [0.4, 0.5) is 11.5 Å². The molecule has 25 heavy (non-hydrogen) atoms. The molecule has 0 aliphatic heterocycles. The second kappa shape index (κ2) is 7.77. The maximum atomic E-state index is 12.3. The SMILES string of the molecule is Cc1ccc(Cl)cc1Nc1cc(C(=O)NCc2cccnc2)ccn1. The molecule has 0 aliphatic rings. The molecule has 0 atom stereocenters. The second-order valence-corrected chi connectivity index (χ2v) is 5.99. The number of rotatable bonds is 5. The molecule has 0 saturated carbocycles. The summed E-state index contributed by atoms with van der Waals surface area (Å²) in [6, 6.07) is 12.7. The molecule has 2 aromatic heterocycles. The Balaban J connectivity index is 1.70. The first-order chi connectivity index (χ1) is 12.1. The van der Waals surface area contributed by atoms with Crippen LogP contribution in [0.3, 0.4) is 0 Å². The normalized spacial score (nSPS) is 10.3. The fraction of sp³-hybridized carbons (Fsp3) is 0.105. The Labute approximate surface area is 151 Å². The summed E-state index contributed by atoms with van der Waals surface area (Å²) >= 11 is 6.03. The van der Waals surface area contributed by atoms with E-state index in [4.69, 9.17) is 11.6 Å². The Morgan fingerprint density at radius 3 is 2.84 bits per heavy atom. The minimum Gasteiger partial charge on any atom is -0.348 e. The van der Waals surface area contributed by atoms with Gasteiger partial charge in [0.1, 0.15) is 5.82 Å². The molecule has 3 rings (SSSR count). The number of benzene rings is 1. The molecular weight excluding hydrogens is 336 g/mol. The second-order valence-electron chi connectivity index (χ2n) is 5.56. The van der Waals surface area contributed by atoms with E-state index in [0.717, 1.165) is 16.8 Å². The van der Waals surface area contributed by atoms with E-state index < -0.39 is 0 Å². The van der Waals surface area contributed by atoms with Crippen molar-refractivity contribution in [3.63, 3.8) is 0 Å². The number of amides is 1. The molecular formula is C19H17ClN4O. The van der Waals surface area contributed by atoms with Gasteiger partial charge >= 0.3 is 0 Å². The number of pyridine rings is 2. The van der Waals surface area contributed by atoms with E-state index in [2.05, 4.69) is 20.6 Å². The molecule has 1 amide bonds. The molecule has 0 bridgehead atoms. The molecule has 1 aromatic carbocycles. The van der Waals surface area contributed by atoms with E-state index in [9.17, 15) is 4.79 Å². The first-order valence-electron chi connectivity index (χ1n) is 7.78. The number of halogens is 1. The van der Waals surface area contributed by atoms with E-state index >= 15 is 0 Å². The summed E-state index contributed by atoms with van der Waals surface area (Å²) in [5.41, 5.74) is 3.37. The number of carbonyl (C=O) groups is 1. The first kappa shape index (κ1) is 16.9. The molecule has 0 radical (unpaired) electrons. The van der Waals surface area contributed by atoms with Crippen LogP contribution in [0.2, 0.25) is 5.02 Å². The lowest BCUT2D eigenvalue weighted by Gasteiger charge is -2.10. The molecule has 0 aliphatic carbocycles. The topological polar surface area (TPSA) is 66.9 Å². The molecule has 6 heteroatoms. The highest BCUT2D eigenvalue weighted by atomic mass is 35.5. The Morgan fingerprint density at radius 2 is 2.04 bits per heavy atom. The van der Waals surface area contributed by atoms with Crippen molar-refractivity contribution in [2.24, 2.45) is 0 Å². The summed E-state index contributed by atoms with van der Waals surface area (Å²) in [6.07, 6.45) is 5.02. The zero-order valence-electron chi connectivity index (χ0n) is 13.7. The van der Waals surface area contributed by atoms with Gasteiger partial charge in [0.25, 0.3) is 5.91 Å². The quantitative estimate of drug-likeness (QED) is 0.725. The van der Waals surface area contributed by atoms with Crippen molar-refractivity contribution in [3.05, 3.63) is 82.8 Å². The average Bonchev–Trinajstić information content (AvgIpc) is 2.64. The molecule has 0 fully saturated rings. The fourth-order valence-corrected chi connectivity index (χ4v) is 2.47. The van der Waals surface area contributed by atoms with Gasteiger partial charge in [-0.15, -0.1) is 0 Å². The number of carbonyl (C=O) groups excluding carboxylic acids is 1. The highest BCUT2D eigenvalue weighted by Gasteiger charge is 2.08. The van der Waals surface area contributed by atoms with Crippen molar-refractivity contribution < 1.29 is 4.79 Å². The number of hydrogen-bond donors (Lipinski definition) is 2. The summed E-state index contributed by atoms with van der Waals surface area (Å²) in [6.45, 7) is 2.40. The van der Waals surface area contributed by atoms with Gasteiger partial charge in [-0.1, -0.05) is 23.7 Å². The number of anilines is 2. The van der Waals surface area contributed by atoms with Crippen LogP contribution >= 0.6 is 11.6 Å². The zero-order chi connectivity index (χ0) is 17.6. The van der Waals surface area contributed by atoms with Crippen LogP contribution in [-0.2, 0) is 6.54 Å². The number of aromatic nitrogens is 2. The van der Waals surface area contributed by atoms with Crippen molar-refractivity contribution in [3.8, 4) is 0 Å². The van der Waals surface area contributed by atoms with Crippen LogP contribution < -0.4 is 10.6 Å². The van der Waals surface area contributed by atoms with Gasteiger partial charge in [-0.25, -0.2) is 4.98 Å². The minimum atomic E-state index is -0.169. The number of nitrogens with zero attached hydrogens (tertiary/aromatic N) is 2. The third-order valence-electron chi connectivity index (χ3n) is 3.66. The summed E-state index contributed by atoms with van der Waals surface area (Å²) < 4.78 is 0. The maximum Gasteiger partial charge on any atom is 0.251 e. The highest BCUT2D eigenvalue weighted by Crippen LogP contribution is 2.23. The maximum absolute atomic E-state index is 12.3. The van der Waals surface area contributed by atoms with E-state index in [1.54, 1.807) is 30.7 Å². The van der Waals surface area contributed by atoms with Crippen LogP contribution in [0.1, 0.15) is 21.5 Å². The van der Waals surface area contributed by atoms with E-state index in [0.29, 0.717) is 22.9 Å². The van der Waals surface area contributed by atoms with Gasteiger partial charge in [-0.2, -0.15) is 0 Å². The third kappa shape index (κ3) is 4.55. The molecule has 2 N–H and O–H groups in total. The van der Waals surface area contributed by atoms with Gasteiger partial charge in [0.15, 0.2) is 0 Å². The lowest BCUT2D eigenvalue weighted by molar-refractivity contribution is 0.0951. The predicted molar refractivity (Wildman–Crippen MR) is 99.1 cm³/mol. The van der Waals surface area contributed by atoms with Crippen molar-refractivity contribution >= 4 is 29.0 Å². The number of hydrogen-bond acceptors (Lipinski definition) is 4. The van der Waals surface area contributed by atoms with E-state index in [-0.39, 0.29) is 5.91 Å². The van der Waals surface area contributed by atoms with Crippen molar-refractivity contribution in [1.82, 2.24) is 15.3 Å².